The van der Waals surface area contributed by atoms with Crippen molar-refractivity contribution >= 4 is 5.95 Å². The van der Waals surface area contributed by atoms with E-state index in [1.165, 1.54) is 6.07 Å². The van der Waals surface area contributed by atoms with Crippen LogP contribution in [0.25, 0.3) is 11.1 Å². The van der Waals surface area contributed by atoms with E-state index in [2.05, 4.69) is 21.8 Å². The molecular formula is C25H30FN5O. The van der Waals surface area contributed by atoms with Crippen molar-refractivity contribution in [1.29, 1.82) is 0 Å². The summed E-state index contributed by atoms with van der Waals surface area (Å²) in [6, 6.07) is 7.18. The molecule has 0 spiro atoms. The van der Waals surface area contributed by atoms with Crippen molar-refractivity contribution in [1.82, 2.24) is 19.9 Å². The maximum Gasteiger partial charge on any atom is 0.225 e. The van der Waals surface area contributed by atoms with E-state index < -0.39 is 0 Å². The van der Waals surface area contributed by atoms with Gasteiger partial charge in [0.05, 0.1) is 18.8 Å². The second kappa shape index (κ2) is 9.61. The fourth-order valence-electron chi connectivity index (χ4n) is 4.33. The number of piperidine rings is 1. The zero-order valence-corrected chi connectivity index (χ0v) is 19.2. The summed E-state index contributed by atoms with van der Waals surface area (Å²) in [5, 5.41) is 0. The molecule has 1 aliphatic heterocycles. The minimum atomic E-state index is -0.240. The van der Waals surface area contributed by atoms with Gasteiger partial charge in [0.2, 0.25) is 5.95 Å². The van der Waals surface area contributed by atoms with Crippen LogP contribution in [0.2, 0.25) is 0 Å². The van der Waals surface area contributed by atoms with Gasteiger partial charge < -0.3 is 9.64 Å². The number of aryl methyl sites for hydroxylation is 1. The molecule has 0 N–H and O–H groups in total. The van der Waals surface area contributed by atoms with Crippen molar-refractivity contribution in [3.05, 3.63) is 65.5 Å². The van der Waals surface area contributed by atoms with E-state index in [4.69, 9.17) is 9.72 Å². The van der Waals surface area contributed by atoms with Crippen LogP contribution in [-0.4, -0.2) is 47.6 Å². The van der Waals surface area contributed by atoms with E-state index in [9.17, 15) is 4.39 Å². The molecule has 0 amide bonds. The first-order valence-corrected chi connectivity index (χ1v) is 11.0. The smallest absolute Gasteiger partial charge is 0.225 e. The van der Waals surface area contributed by atoms with Gasteiger partial charge in [0, 0.05) is 56.4 Å². The molecule has 1 saturated heterocycles. The summed E-state index contributed by atoms with van der Waals surface area (Å²) in [7, 11) is 5.44. The zero-order chi connectivity index (χ0) is 22.7. The van der Waals surface area contributed by atoms with E-state index in [1.807, 2.05) is 49.6 Å². The second-order valence-electron chi connectivity index (χ2n) is 8.49. The monoisotopic (exact) mass is 435 g/mol. The quantitative estimate of drug-likeness (QED) is 0.555. The van der Waals surface area contributed by atoms with Crippen LogP contribution < -0.4 is 9.64 Å². The Morgan fingerprint density at radius 3 is 2.72 bits per heavy atom. The summed E-state index contributed by atoms with van der Waals surface area (Å²) in [5.41, 5.74) is 4.84. The molecule has 2 aromatic heterocycles. The van der Waals surface area contributed by atoms with Crippen LogP contribution in [0.1, 0.15) is 42.1 Å². The number of nitrogens with zero attached hydrogens (tertiary/aromatic N) is 5. The lowest BCUT2D eigenvalue weighted by Gasteiger charge is -2.36. The molecule has 4 rings (SSSR count). The van der Waals surface area contributed by atoms with Gasteiger partial charge in [-0.15, -0.1) is 0 Å². The highest BCUT2D eigenvalue weighted by molar-refractivity contribution is 5.69. The van der Waals surface area contributed by atoms with Crippen molar-refractivity contribution in [2.24, 2.45) is 0 Å². The van der Waals surface area contributed by atoms with Gasteiger partial charge in [-0.2, -0.15) is 0 Å². The maximum absolute atomic E-state index is 14.7. The summed E-state index contributed by atoms with van der Waals surface area (Å²) >= 11 is 0. The molecule has 168 valence electrons. The number of benzene rings is 1. The van der Waals surface area contributed by atoms with Gasteiger partial charge in [-0.3, -0.25) is 9.88 Å². The molecule has 1 fully saturated rings. The number of pyridine rings is 1. The SMILES string of the molecule is COc1ccc(CN2CCCCC2c2nc(N(C)C)ncc2-c2ccncc2C)c(F)c1. The molecule has 1 aromatic carbocycles. The number of rotatable bonds is 6. The first-order chi connectivity index (χ1) is 15.5. The fourth-order valence-corrected chi connectivity index (χ4v) is 4.33. The largest absolute Gasteiger partial charge is 0.497 e. The minimum Gasteiger partial charge on any atom is -0.497 e. The Morgan fingerprint density at radius 2 is 2.00 bits per heavy atom. The van der Waals surface area contributed by atoms with Gasteiger partial charge in [0.1, 0.15) is 11.6 Å². The number of likely N-dealkylation sites (tertiary alicyclic amines) is 1. The molecule has 0 radical (unpaired) electrons. The molecule has 3 aromatic rings. The van der Waals surface area contributed by atoms with Crippen LogP contribution in [0.15, 0.2) is 42.9 Å². The van der Waals surface area contributed by atoms with Crippen LogP contribution in [0, 0.1) is 12.7 Å². The topological polar surface area (TPSA) is 54.4 Å². The van der Waals surface area contributed by atoms with Crippen LogP contribution in [0.5, 0.6) is 5.75 Å². The predicted octanol–water partition coefficient (Wildman–Crippen LogP) is 4.79. The Balaban J connectivity index is 1.75. The molecule has 0 bridgehead atoms. The maximum atomic E-state index is 14.7. The van der Waals surface area contributed by atoms with Crippen LogP contribution in [-0.2, 0) is 6.54 Å². The van der Waals surface area contributed by atoms with Gasteiger partial charge in [0.25, 0.3) is 0 Å². The number of methoxy groups -OCH3 is 1. The van der Waals surface area contributed by atoms with E-state index in [0.717, 1.165) is 48.2 Å². The molecular weight excluding hydrogens is 405 g/mol. The van der Waals surface area contributed by atoms with E-state index in [0.29, 0.717) is 23.8 Å². The van der Waals surface area contributed by atoms with Gasteiger partial charge in [-0.1, -0.05) is 12.5 Å². The van der Waals surface area contributed by atoms with Gasteiger partial charge in [-0.05, 0) is 49.6 Å². The van der Waals surface area contributed by atoms with Crippen molar-refractivity contribution in [3.63, 3.8) is 0 Å². The van der Waals surface area contributed by atoms with Crippen LogP contribution in [0.3, 0.4) is 0 Å². The average Bonchev–Trinajstić information content (AvgIpc) is 2.80. The minimum absolute atomic E-state index is 0.0783. The van der Waals surface area contributed by atoms with E-state index in [1.54, 1.807) is 13.3 Å². The number of hydrogen-bond acceptors (Lipinski definition) is 6. The van der Waals surface area contributed by atoms with Crippen molar-refractivity contribution in [2.75, 3.05) is 32.6 Å². The van der Waals surface area contributed by atoms with Crippen molar-refractivity contribution in [3.8, 4) is 16.9 Å². The lowest BCUT2D eigenvalue weighted by molar-refractivity contribution is 0.136. The number of ether oxygens (including phenoxy) is 1. The van der Waals surface area contributed by atoms with Gasteiger partial charge in [-0.25, -0.2) is 14.4 Å². The second-order valence-corrected chi connectivity index (χ2v) is 8.49. The summed E-state index contributed by atoms with van der Waals surface area (Å²) in [6.45, 7) is 3.47. The van der Waals surface area contributed by atoms with E-state index in [-0.39, 0.29) is 11.9 Å². The molecule has 0 saturated carbocycles. The molecule has 7 heteroatoms. The van der Waals surface area contributed by atoms with Crippen LogP contribution in [0.4, 0.5) is 10.3 Å². The molecule has 6 nitrogen and oxygen atoms in total. The summed E-state index contributed by atoms with van der Waals surface area (Å²) in [4.78, 5) is 18.1. The Labute approximate surface area is 189 Å². The lowest BCUT2D eigenvalue weighted by Crippen LogP contribution is -2.34. The average molecular weight is 436 g/mol. The number of anilines is 1. The zero-order valence-electron chi connectivity index (χ0n) is 19.2. The summed E-state index contributed by atoms with van der Waals surface area (Å²) in [5.74, 6) is 0.968. The third kappa shape index (κ3) is 4.58. The summed E-state index contributed by atoms with van der Waals surface area (Å²) in [6.07, 6.45) is 8.76. The molecule has 1 atom stereocenters. The molecule has 0 aliphatic carbocycles. The Bertz CT molecular complexity index is 1090. The van der Waals surface area contributed by atoms with Gasteiger partial charge in [0.15, 0.2) is 0 Å². The first-order valence-electron chi connectivity index (χ1n) is 11.0. The molecule has 1 unspecified atom stereocenters. The Kier molecular flexibility index (Phi) is 6.65. The van der Waals surface area contributed by atoms with Gasteiger partial charge >= 0.3 is 0 Å². The highest BCUT2D eigenvalue weighted by atomic mass is 19.1. The first kappa shape index (κ1) is 22.1. The Morgan fingerprint density at radius 1 is 1.16 bits per heavy atom. The highest BCUT2D eigenvalue weighted by Crippen LogP contribution is 2.38. The normalized spacial score (nSPS) is 16.7. The number of halogens is 1. The molecule has 3 heterocycles. The third-order valence-electron chi connectivity index (χ3n) is 6.08. The van der Waals surface area contributed by atoms with Crippen molar-refractivity contribution < 1.29 is 9.13 Å². The Hall–Kier alpha value is -3.06. The third-order valence-corrected chi connectivity index (χ3v) is 6.08. The molecule has 1 aliphatic rings. The predicted molar refractivity (Wildman–Crippen MR) is 124 cm³/mol. The fraction of sp³-hybridized carbons (Fsp3) is 0.400. The number of hydrogen-bond donors (Lipinski definition) is 0. The lowest BCUT2D eigenvalue weighted by atomic mass is 9.92. The van der Waals surface area contributed by atoms with Crippen molar-refractivity contribution in [2.45, 2.75) is 38.8 Å². The molecule has 32 heavy (non-hydrogen) atoms. The van der Waals surface area contributed by atoms with E-state index >= 15 is 0 Å². The number of aromatic nitrogens is 3. The van der Waals surface area contributed by atoms with Crippen LogP contribution >= 0.6 is 0 Å². The standard InChI is InChI=1S/C25H30FN5O/c1-17-14-27-11-10-20(17)21-15-28-25(30(2)3)29-24(21)23-7-5-6-12-31(23)16-18-8-9-19(32-4)13-22(18)26/h8-11,13-15,23H,5-7,12,16H2,1-4H3. The highest BCUT2D eigenvalue weighted by Gasteiger charge is 2.29. The summed E-state index contributed by atoms with van der Waals surface area (Å²) < 4.78 is 19.9.